The van der Waals surface area contributed by atoms with Gasteiger partial charge in [0.25, 0.3) is 5.91 Å². The van der Waals surface area contributed by atoms with E-state index in [1.165, 1.54) is 6.21 Å². The van der Waals surface area contributed by atoms with E-state index in [2.05, 4.69) is 31.8 Å². The normalized spacial score (nSPS) is 10.6. The molecular weight excluding hydrogens is 422 g/mol. The molecule has 2 aromatic carbocycles. The van der Waals surface area contributed by atoms with Gasteiger partial charge in [-0.25, -0.2) is 5.43 Å². The predicted octanol–water partition coefficient (Wildman–Crippen LogP) is 4.07. The van der Waals surface area contributed by atoms with Crippen LogP contribution in [-0.2, 0) is 4.79 Å². The highest BCUT2D eigenvalue weighted by molar-refractivity contribution is 9.10. The van der Waals surface area contributed by atoms with Crippen LogP contribution in [-0.4, -0.2) is 32.4 Å². The standard InChI is InChI=1S/C18H19BrClN3O3/c1-3-26-16-9-12(8-15(19)18(16)25-2)10-22-23-17(24)11-21-14-6-4-13(20)5-7-14/h4-10,21H,3,11H2,1-2H3,(H,23,24)/b22-10-. The molecule has 0 aliphatic rings. The number of rotatable bonds is 8. The second kappa shape index (κ2) is 10.0. The fourth-order valence-corrected chi connectivity index (χ4v) is 2.84. The molecule has 0 unspecified atom stereocenters. The highest BCUT2D eigenvalue weighted by Gasteiger charge is 2.10. The Morgan fingerprint density at radius 3 is 2.69 bits per heavy atom. The van der Waals surface area contributed by atoms with Gasteiger partial charge in [0, 0.05) is 10.7 Å². The van der Waals surface area contributed by atoms with Crippen LogP contribution in [0.25, 0.3) is 0 Å². The number of nitrogens with zero attached hydrogens (tertiary/aromatic N) is 1. The van der Waals surface area contributed by atoms with E-state index in [-0.39, 0.29) is 12.5 Å². The number of carbonyl (C=O) groups excluding carboxylic acids is 1. The van der Waals surface area contributed by atoms with Crippen molar-refractivity contribution in [3.63, 3.8) is 0 Å². The molecule has 2 rings (SSSR count). The lowest BCUT2D eigenvalue weighted by atomic mass is 10.2. The Hall–Kier alpha value is -2.25. The largest absolute Gasteiger partial charge is 0.492 e. The van der Waals surface area contributed by atoms with Crippen molar-refractivity contribution in [1.82, 2.24) is 5.43 Å². The Balaban J connectivity index is 1.92. The van der Waals surface area contributed by atoms with Gasteiger partial charge in [0.1, 0.15) is 0 Å². The Kier molecular flexibility index (Phi) is 7.74. The zero-order valence-electron chi connectivity index (χ0n) is 14.4. The SMILES string of the molecule is CCOc1cc(/C=N\NC(=O)CNc2ccc(Cl)cc2)cc(Br)c1OC. The molecule has 0 aliphatic carbocycles. The Morgan fingerprint density at radius 1 is 1.31 bits per heavy atom. The van der Waals surface area contributed by atoms with Crippen molar-refractivity contribution in [2.45, 2.75) is 6.92 Å². The molecule has 26 heavy (non-hydrogen) atoms. The molecule has 138 valence electrons. The summed E-state index contributed by atoms with van der Waals surface area (Å²) in [5, 5.41) is 7.59. The maximum absolute atomic E-state index is 11.8. The smallest absolute Gasteiger partial charge is 0.259 e. The number of ether oxygens (including phenoxy) is 2. The van der Waals surface area contributed by atoms with Crippen molar-refractivity contribution in [3.05, 3.63) is 51.5 Å². The summed E-state index contributed by atoms with van der Waals surface area (Å²) in [5.74, 6) is 0.940. The van der Waals surface area contributed by atoms with E-state index < -0.39 is 0 Å². The second-order valence-corrected chi connectivity index (χ2v) is 6.41. The Morgan fingerprint density at radius 2 is 2.04 bits per heavy atom. The average molecular weight is 441 g/mol. The van der Waals surface area contributed by atoms with Gasteiger partial charge < -0.3 is 14.8 Å². The van der Waals surface area contributed by atoms with Gasteiger partial charge in [-0.2, -0.15) is 5.10 Å². The van der Waals surface area contributed by atoms with E-state index >= 15 is 0 Å². The van der Waals surface area contributed by atoms with E-state index in [1.54, 1.807) is 37.4 Å². The van der Waals surface area contributed by atoms with Crippen molar-refractivity contribution < 1.29 is 14.3 Å². The second-order valence-electron chi connectivity index (χ2n) is 5.12. The summed E-state index contributed by atoms with van der Waals surface area (Å²) in [6.45, 7) is 2.49. The summed E-state index contributed by atoms with van der Waals surface area (Å²) >= 11 is 9.25. The summed E-state index contributed by atoms with van der Waals surface area (Å²) in [4.78, 5) is 11.8. The van der Waals surface area contributed by atoms with Gasteiger partial charge >= 0.3 is 0 Å². The minimum absolute atomic E-state index is 0.0927. The van der Waals surface area contributed by atoms with E-state index in [0.717, 1.165) is 15.7 Å². The molecule has 1 amide bonds. The van der Waals surface area contributed by atoms with Crippen molar-refractivity contribution in [3.8, 4) is 11.5 Å². The van der Waals surface area contributed by atoms with Gasteiger partial charge in [-0.05, 0) is 64.8 Å². The minimum Gasteiger partial charge on any atom is -0.492 e. The summed E-state index contributed by atoms with van der Waals surface area (Å²) in [6, 6.07) is 10.7. The molecule has 0 aromatic heterocycles. The Bertz CT molecular complexity index is 782. The number of anilines is 1. The molecular formula is C18H19BrClN3O3. The molecule has 0 atom stereocenters. The summed E-state index contributed by atoms with van der Waals surface area (Å²) in [6.07, 6.45) is 1.53. The third kappa shape index (κ3) is 5.93. The number of hydrogen-bond acceptors (Lipinski definition) is 5. The third-order valence-electron chi connectivity index (χ3n) is 3.24. The fraction of sp³-hybridized carbons (Fsp3) is 0.222. The number of methoxy groups -OCH3 is 1. The number of nitrogens with one attached hydrogen (secondary N) is 2. The van der Waals surface area contributed by atoms with Crippen LogP contribution in [0.1, 0.15) is 12.5 Å². The predicted molar refractivity (Wildman–Crippen MR) is 108 cm³/mol. The molecule has 8 heteroatoms. The molecule has 0 saturated heterocycles. The topological polar surface area (TPSA) is 72.0 Å². The number of hydrogen-bond donors (Lipinski definition) is 2. The number of amides is 1. The molecule has 2 N–H and O–H groups in total. The van der Waals surface area contributed by atoms with Gasteiger partial charge in [0.2, 0.25) is 0 Å². The van der Waals surface area contributed by atoms with Crippen LogP contribution in [0, 0.1) is 0 Å². The molecule has 0 heterocycles. The van der Waals surface area contributed by atoms with E-state index in [4.69, 9.17) is 21.1 Å². The lowest BCUT2D eigenvalue weighted by Gasteiger charge is -2.11. The van der Waals surface area contributed by atoms with Gasteiger partial charge in [-0.3, -0.25) is 4.79 Å². The van der Waals surface area contributed by atoms with E-state index in [1.807, 2.05) is 13.0 Å². The highest BCUT2D eigenvalue weighted by atomic mass is 79.9. The molecule has 0 fully saturated rings. The summed E-state index contributed by atoms with van der Waals surface area (Å²) in [5.41, 5.74) is 4.02. The van der Waals surface area contributed by atoms with Crippen LogP contribution in [0.5, 0.6) is 11.5 Å². The molecule has 0 aliphatic heterocycles. The van der Waals surface area contributed by atoms with Crippen molar-refractivity contribution in [2.24, 2.45) is 5.10 Å². The first-order valence-electron chi connectivity index (χ1n) is 7.85. The average Bonchev–Trinajstić information content (AvgIpc) is 2.61. The van der Waals surface area contributed by atoms with E-state index in [0.29, 0.717) is 23.1 Å². The van der Waals surface area contributed by atoms with Gasteiger partial charge in [0.05, 0.1) is 30.9 Å². The van der Waals surface area contributed by atoms with Crippen molar-refractivity contribution in [2.75, 3.05) is 25.6 Å². The first-order chi connectivity index (χ1) is 12.5. The fourth-order valence-electron chi connectivity index (χ4n) is 2.09. The van der Waals surface area contributed by atoms with E-state index in [9.17, 15) is 4.79 Å². The van der Waals surface area contributed by atoms with Gasteiger partial charge in [-0.1, -0.05) is 11.6 Å². The van der Waals surface area contributed by atoms with Crippen LogP contribution in [0.3, 0.4) is 0 Å². The number of carbonyl (C=O) groups is 1. The van der Waals surface area contributed by atoms with Gasteiger partial charge in [0.15, 0.2) is 11.5 Å². The molecule has 6 nitrogen and oxygen atoms in total. The van der Waals surface area contributed by atoms with Gasteiger partial charge in [-0.15, -0.1) is 0 Å². The van der Waals surface area contributed by atoms with Crippen LogP contribution in [0.2, 0.25) is 5.02 Å². The lowest BCUT2D eigenvalue weighted by molar-refractivity contribution is -0.119. The molecule has 0 bridgehead atoms. The van der Waals surface area contributed by atoms with Crippen LogP contribution >= 0.6 is 27.5 Å². The summed E-state index contributed by atoms with van der Waals surface area (Å²) in [7, 11) is 1.57. The van der Waals surface area contributed by atoms with Crippen LogP contribution < -0.4 is 20.2 Å². The Labute approximate surface area is 165 Å². The maximum Gasteiger partial charge on any atom is 0.259 e. The quantitative estimate of drug-likeness (QED) is 0.479. The number of hydrazone groups is 1. The summed E-state index contributed by atoms with van der Waals surface area (Å²) < 4.78 is 11.6. The molecule has 0 saturated carbocycles. The number of halogens is 2. The monoisotopic (exact) mass is 439 g/mol. The first kappa shape index (κ1) is 20.1. The number of benzene rings is 2. The maximum atomic E-state index is 11.8. The lowest BCUT2D eigenvalue weighted by Crippen LogP contribution is -2.25. The zero-order valence-corrected chi connectivity index (χ0v) is 16.7. The van der Waals surface area contributed by atoms with Crippen molar-refractivity contribution >= 4 is 45.3 Å². The van der Waals surface area contributed by atoms with Crippen molar-refractivity contribution in [1.29, 1.82) is 0 Å². The van der Waals surface area contributed by atoms with Crippen LogP contribution in [0.4, 0.5) is 5.69 Å². The molecule has 2 aromatic rings. The minimum atomic E-state index is -0.270. The zero-order chi connectivity index (χ0) is 18.9. The molecule has 0 spiro atoms. The molecule has 0 radical (unpaired) electrons. The highest BCUT2D eigenvalue weighted by Crippen LogP contribution is 2.36. The van der Waals surface area contributed by atoms with Crippen LogP contribution in [0.15, 0.2) is 46.0 Å². The first-order valence-corrected chi connectivity index (χ1v) is 9.02. The third-order valence-corrected chi connectivity index (χ3v) is 4.08.